The van der Waals surface area contributed by atoms with Gasteiger partial charge >= 0.3 is 5.97 Å². The van der Waals surface area contributed by atoms with E-state index in [4.69, 9.17) is 17.0 Å². The van der Waals surface area contributed by atoms with Gasteiger partial charge in [-0.05, 0) is 44.1 Å². The number of likely N-dealkylation sites (tertiary alicyclic amines) is 1. The Hall–Kier alpha value is -1.99. The molecule has 3 rings (SSSR count). The third kappa shape index (κ3) is 3.73. The maximum Gasteiger partial charge on any atom is 0.314 e. The molecule has 2 atom stereocenters. The van der Waals surface area contributed by atoms with Gasteiger partial charge in [0.25, 0.3) is 0 Å². The van der Waals surface area contributed by atoms with Crippen molar-refractivity contribution in [2.24, 2.45) is 5.92 Å². The van der Waals surface area contributed by atoms with Crippen LogP contribution in [0.1, 0.15) is 19.8 Å². The molecule has 1 saturated heterocycles. The number of quaternary nitrogens is 1. The van der Waals surface area contributed by atoms with Gasteiger partial charge in [-0.3, -0.25) is 9.36 Å². The second-order valence-corrected chi connectivity index (χ2v) is 6.44. The fraction of sp³-hybridized carbons (Fsp3) is 0.471. The summed E-state index contributed by atoms with van der Waals surface area (Å²) in [6, 6.07) is 9.95. The molecule has 24 heavy (non-hydrogen) atoms. The number of aromatic nitrogens is 3. The predicted molar refractivity (Wildman–Crippen MR) is 92.4 cm³/mol. The van der Waals surface area contributed by atoms with E-state index in [0.29, 0.717) is 18.0 Å². The molecule has 0 radical (unpaired) electrons. The zero-order valence-corrected chi connectivity index (χ0v) is 14.7. The van der Waals surface area contributed by atoms with Crippen LogP contribution in [0.2, 0.25) is 0 Å². The van der Waals surface area contributed by atoms with Gasteiger partial charge in [0.1, 0.15) is 12.2 Å². The second kappa shape index (κ2) is 7.72. The van der Waals surface area contributed by atoms with Gasteiger partial charge in [0.2, 0.25) is 4.77 Å². The zero-order chi connectivity index (χ0) is 16.9. The number of ether oxygens (including phenoxy) is 1. The molecule has 1 unspecified atom stereocenters. The Bertz CT molecular complexity index is 741. The molecule has 128 valence electrons. The van der Waals surface area contributed by atoms with Crippen LogP contribution < -0.4 is 4.90 Å². The number of esters is 1. The highest BCUT2D eigenvalue weighted by molar-refractivity contribution is 7.71. The van der Waals surface area contributed by atoms with Crippen molar-refractivity contribution in [3.8, 4) is 5.69 Å². The molecule has 0 bridgehead atoms. The number of carbonyl (C=O) groups is 1. The Kier molecular flexibility index (Phi) is 5.42. The first-order valence-electron chi connectivity index (χ1n) is 8.39. The predicted octanol–water partition coefficient (Wildman–Crippen LogP) is 1.22. The molecule has 2 aromatic rings. The molecule has 6 nitrogen and oxygen atoms in total. The Balaban J connectivity index is 1.69. The summed E-state index contributed by atoms with van der Waals surface area (Å²) >= 11 is 5.56. The van der Waals surface area contributed by atoms with E-state index in [1.54, 1.807) is 6.33 Å². The van der Waals surface area contributed by atoms with Gasteiger partial charge in [-0.2, -0.15) is 9.78 Å². The van der Waals surface area contributed by atoms with Gasteiger partial charge in [0.15, 0.2) is 6.67 Å². The second-order valence-electron chi connectivity index (χ2n) is 6.07. The number of piperidine rings is 1. The van der Waals surface area contributed by atoms with Crippen LogP contribution in [-0.4, -0.2) is 40.0 Å². The molecule has 0 aliphatic carbocycles. The van der Waals surface area contributed by atoms with Crippen molar-refractivity contribution in [3.63, 3.8) is 0 Å². The van der Waals surface area contributed by atoms with Crippen molar-refractivity contribution in [3.05, 3.63) is 41.4 Å². The van der Waals surface area contributed by atoms with Gasteiger partial charge < -0.3 is 9.64 Å². The molecular weight excluding hydrogens is 324 g/mol. The minimum absolute atomic E-state index is 0.0147. The van der Waals surface area contributed by atoms with Crippen molar-refractivity contribution < 1.29 is 14.4 Å². The number of carbonyl (C=O) groups excluding carboxylic acids is 1. The van der Waals surface area contributed by atoms with Crippen LogP contribution in [0.4, 0.5) is 0 Å². The molecule has 1 N–H and O–H groups in total. The number of nitrogens with zero attached hydrogens (tertiary/aromatic N) is 3. The molecular formula is C17H23N4O2S+. The number of hydrogen-bond acceptors (Lipinski definition) is 4. The molecule has 0 saturated carbocycles. The van der Waals surface area contributed by atoms with Gasteiger partial charge in [-0.1, -0.05) is 18.2 Å². The van der Waals surface area contributed by atoms with Gasteiger partial charge in [0.05, 0.1) is 19.7 Å². The van der Waals surface area contributed by atoms with E-state index < -0.39 is 0 Å². The van der Waals surface area contributed by atoms with E-state index in [9.17, 15) is 4.79 Å². The number of nitrogens with one attached hydrogen (secondary N) is 1. The van der Waals surface area contributed by atoms with Gasteiger partial charge in [0, 0.05) is 5.69 Å². The third-order valence-electron chi connectivity index (χ3n) is 4.38. The summed E-state index contributed by atoms with van der Waals surface area (Å²) in [5, 5.41) is 4.43. The van der Waals surface area contributed by atoms with Crippen LogP contribution in [0, 0.1) is 10.7 Å². The lowest BCUT2D eigenvalue weighted by molar-refractivity contribution is -0.930. The monoisotopic (exact) mass is 347 g/mol. The first-order chi connectivity index (χ1) is 11.7. The summed E-state index contributed by atoms with van der Waals surface area (Å²) in [6.45, 7) is 4.77. The molecule has 0 spiro atoms. The first-order valence-corrected chi connectivity index (χ1v) is 8.80. The van der Waals surface area contributed by atoms with E-state index in [2.05, 4.69) is 5.10 Å². The standard InChI is InChI=1S/C17H22N4O2S/c1-2-23-16(22)14-7-6-10-19(11-14)13-21-17(24)20(12-18-21)15-8-4-3-5-9-15/h3-5,8-9,12,14H,2,6-7,10-11,13H2,1H3/p+1/t14-/m1/s1. The summed E-state index contributed by atoms with van der Waals surface area (Å²) in [5.74, 6) is -0.0906. The highest BCUT2D eigenvalue weighted by Crippen LogP contribution is 2.10. The van der Waals surface area contributed by atoms with Crippen LogP contribution >= 0.6 is 12.2 Å². The fourth-order valence-corrected chi connectivity index (χ4v) is 3.44. The number of rotatable bonds is 5. The van der Waals surface area contributed by atoms with Crippen molar-refractivity contribution >= 4 is 18.2 Å². The topological polar surface area (TPSA) is 53.5 Å². The normalized spacial score (nSPS) is 20.7. The van der Waals surface area contributed by atoms with Crippen LogP contribution in [0.5, 0.6) is 0 Å². The first kappa shape index (κ1) is 16.9. The number of benzene rings is 1. The largest absolute Gasteiger partial charge is 0.466 e. The summed E-state index contributed by atoms with van der Waals surface area (Å²) in [5.41, 5.74) is 1.01. The van der Waals surface area contributed by atoms with Crippen molar-refractivity contribution in [2.45, 2.75) is 26.4 Å². The average Bonchev–Trinajstić information content (AvgIpc) is 2.97. The lowest BCUT2D eigenvalue weighted by Crippen LogP contribution is -3.13. The van der Waals surface area contributed by atoms with Gasteiger partial charge in [-0.25, -0.2) is 0 Å². The van der Waals surface area contributed by atoms with E-state index in [1.165, 1.54) is 4.90 Å². The van der Waals surface area contributed by atoms with E-state index in [1.807, 2.05) is 46.5 Å². The minimum atomic E-state index is -0.0758. The van der Waals surface area contributed by atoms with Crippen molar-refractivity contribution in [1.29, 1.82) is 0 Å². The van der Waals surface area contributed by atoms with Crippen LogP contribution in [-0.2, 0) is 16.2 Å². The number of para-hydroxylation sites is 1. The van der Waals surface area contributed by atoms with E-state index in [-0.39, 0.29) is 11.9 Å². The molecule has 2 heterocycles. The SMILES string of the molecule is CCOC(=O)[C@@H]1CCC[NH+](Cn2ncn(-c3ccccc3)c2=S)C1. The summed E-state index contributed by atoms with van der Waals surface area (Å²) in [6.07, 6.45) is 3.68. The fourth-order valence-electron chi connectivity index (χ4n) is 3.18. The maximum atomic E-state index is 12.0. The molecule has 1 aromatic heterocycles. The Labute approximate surface area is 146 Å². The lowest BCUT2D eigenvalue weighted by atomic mass is 9.99. The highest BCUT2D eigenvalue weighted by atomic mass is 32.1. The van der Waals surface area contributed by atoms with E-state index in [0.717, 1.165) is 31.6 Å². The summed E-state index contributed by atoms with van der Waals surface area (Å²) in [4.78, 5) is 13.3. The molecule has 1 fully saturated rings. The third-order valence-corrected chi connectivity index (χ3v) is 4.79. The summed E-state index contributed by atoms with van der Waals surface area (Å²) in [7, 11) is 0. The quantitative estimate of drug-likeness (QED) is 0.653. The van der Waals surface area contributed by atoms with Gasteiger partial charge in [-0.15, -0.1) is 0 Å². The smallest absolute Gasteiger partial charge is 0.314 e. The minimum Gasteiger partial charge on any atom is -0.466 e. The lowest BCUT2D eigenvalue weighted by Gasteiger charge is -2.28. The maximum absolute atomic E-state index is 12.0. The Morgan fingerprint density at radius 2 is 2.21 bits per heavy atom. The summed E-state index contributed by atoms with van der Waals surface area (Å²) < 4.78 is 9.58. The average molecular weight is 347 g/mol. The highest BCUT2D eigenvalue weighted by Gasteiger charge is 2.30. The molecule has 1 aliphatic heterocycles. The number of hydrogen-bond donors (Lipinski definition) is 1. The van der Waals surface area contributed by atoms with Crippen LogP contribution in [0.25, 0.3) is 5.69 Å². The zero-order valence-electron chi connectivity index (χ0n) is 13.9. The Morgan fingerprint density at radius 3 is 2.96 bits per heavy atom. The van der Waals surface area contributed by atoms with Crippen molar-refractivity contribution in [1.82, 2.24) is 14.3 Å². The van der Waals surface area contributed by atoms with Crippen molar-refractivity contribution in [2.75, 3.05) is 19.7 Å². The molecule has 7 heteroatoms. The van der Waals surface area contributed by atoms with E-state index >= 15 is 0 Å². The molecule has 1 aromatic carbocycles. The Morgan fingerprint density at radius 1 is 1.42 bits per heavy atom. The van der Waals surface area contributed by atoms with Crippen LogP contribution in [0.3, 0.4) is 0 Å². The molecule has 1 aliphatic rings. The van der Waals surface area contributed by atoms with Crippen LogP contribution in [0.15, 0.2) is 36.7 Å². The molecule has 0 amide bonds.